The molecule has 88 valence electrons. The second-order valence-corrected chi connectivity index (χ2v) is 4.16. The SMILES string of the molecule is CCC1CCC(C(=O)O)C(OCCO)C1. The van der Waals surface area contributed by atoms with E-state index in [0.717, 1.165) is 19.3 Å². The Labute approximate surface area is 90.2 Å². The molecule has 15 heavy (non-hydrogen) atoms. The molecule has 1 saturated carbocycles. The van der Waals surface area contributed by atoms with Crippen LogP contribution < -0.4 is 0 Å². The lowest BCUT2D eigenvalue weighted by atomic mass is 9.78. The molecule has 0 bridgehead atoms. The average Bonchev–Trinajstić information content (AvgIpc) is 2.25. The molecule has 1 rings (SSSR count). The van der Waals surface area contributed by atoms with Gasteiger partial charge in [0, 0.05) is 0 Å². The van der Waals surface area contributed by atoms with Gasteiger partial charge in [0.05, 0.1) is 25.2 Å². The Morgan fingerprint density at radius 2 is 2.20 bits per heavy atom. The summed E-state index contributed by atoms with van der Waals surface area (Å²) in [5, 5.41) is 17.7. The van der Waals surface area contributed by atoms with Gasteiger partial charge in [-0.15, -0.1) is 0 Å². The standard InChI is InChI=1S/C11H20O4/c1-2-8-3-4-9(11(13)14)10(7-8)15-6-5-12/h8-10,12H,2-7H2,1H3,(H,13,14). The molecule has 0 spiro atoms. The topological polar surface area (TPSA) is 66.8 Å². The Morgan fingerprint density at radius 1 is 1.47 bits per heavy atom. The molecule has 0 aromatic rings. The zero-order valence-corrected chi connectivity index (χ0v) is 9.19. The average molecular weight is 216 g/mol. The van der Waals surface area contributed by atoms with Crippen LogP contribution in [0.15, 0.2) is 0 Å². The van der Waals surface area contributed by atoms with E-state index in [2.05, 4.69) is 6.92 Å². The summed E-state index contributed by atoms with van der Waals surface area (Å²) in [6, 6.07) is 0. The minimum Gasteiger partial charge on any atom is -0.481 e. The highest BCUT2D eigenvalue weighted by atomic mass is 16.5. The fourth-order valence-electron chi connectivity index (χ4n) is 2.25. The molecule has 0 radical (unpaired) electrons. The van der Waals surface area contributed by atoms with Crippen LogP contribution in [0.4, 0.5) is 0 Å². The molecule has 4 heteroatoms. The maximum Gasteiger partial charge on any atom is 0.309 e. The number of aliphatic carboxylic acids is 1. The van der Waals surface area contributed by atoms with Gasteiger partial charge in [-0.1, -0.05) is 13.3 Å². The van der Waals surface area contributed by atoms with E-state index in [1.807, 2.05) is 0 Å². The number of hydrogen-bond donors (Lipinski definition) is 2. The zero-order valence-electron chi connectivity index (χ0n) is 9.19. The van der Waals surface area contributed by atoms with Crippen LogP contribution in [-0.4, -0.2) is 35.5 Å². The molecule has 2 N–H and O–H groups in total. The van der Waals surface area contributed by atoms with Crippen molar-refractivity contribution in [3.63, 3.8) is 0 Å². The summed E-state index contributed by atoms with van der Waals surface area (Å²) in [7, 11) is 0. The Bertz CT molecular complexity index is 205. The third kappa shape index (κ3) is 3.47. The summed E-state index contributed by atoms with van der Waals surface area (Å²) < 4.78 is 5.41. The van der Waals surface area contributed by atoms with Gasteiger partial charge in [-0.05, 0) is 25.2 Å². The van der Waals surface area contributed by atoms with E-state index in [1.54, 1.807) is 0 Å². The van der Waals surface area contributed by atoms with Gasteiger partial charge in [-0.3, -0.25) is 4.79 Å². The number of carboxylic acid groups (broad SMARTS) is 1. The van der Waals surface area contributed by atoms with Gasteiger partial charge in [0.1, 0.15) is 0 Å². The largest absolute Gasteiger partial charge is 0.481 e. The number of rotatable bonds is 5. The van der Waals surface area contributed by atoms with E-state index in [-0.39, 0.29) is 25.2 Å². The van der Waals surface area contributed by atoms with Crippen molar-refractivity contribution < 1.29 is 19.7 Å². The molecule has 3 unspecified atom stereocenters. The Morgan fingerprint density at radius 3 is 2.73 bits per heavy atom. The predicted octanol–water partition coefficient (Wildman–Crippen LogP) is 1.27. The minimum absolute atomic E-state index is 0.0420. The number of aliphatic hydroxyl groups is 1. The number of aliphatic hydroxyl groups excluding tert-OH is 1. The van der Waals surface area contributed by atoms with Crippen LogP contribution in [0.3, 0.4) is 0 Å². The smallest absolute Gasteiger partial charge is 0.309 e. The van der Waals surface area contributed by atoms with Crippen LogP contribution in [0, 0.1) is 11.8 Å². The Kier molecular flexibility index (Phi) is 5.05. The molecule has 1 aliphatic rings. The molecular formula is C11H20O4. The third-order valence-corrected chi connectivity index (χ3v) is 3.22. The molecule has 3 atom stereocenters. The predicted molar refractivity (Wildman–Crippen MR) is 55.6 cm³/mol. The van der Waals surface area contributed by atoms with Crippen LogP contribution in [-0.2, 0) is 9.53 Å². The quantitative estimate of drug-likeness (QED) is 0.726. The lowest BCUT2D eigenvalue weighted by Crippen LogP contribution is -2.37. The second kappa shape index (κ2) is 6.08. The maximum absolute atomic E-state index is 11.0. The van der Waals surface area contributed by atoms with Gasteiger partial charge < -0.3 is 14.9 Å². The fourth-order valence-corrected chi connectivity index (χ4v) is 2.25. The van der Waals surface area contributed by atoms with Gasteiger partial charge in [0.15, 0.2) is 0 Å². The number of carboxylic acids is 1. The van der Waals surface area contributed by atoms with Crippen LogP contribution in [0.2, 0.25) is 0 Å². The Balaban J connectivity index is 2.52. The van der Waals surface area contributed by atoms with E-state index >= 15 is 0 Å². The van der Waals surface area contributed by atoms with Gasteiger partial charge in [0.2, 0.25) is 0 Å². The molecule has 0 aliphatic heterocycles. The van der Waals surface area contributed by atoms with E-state index in [1.165, 1.54) is 0 Å². The molecule has 0 heterocycles. The summed E-state index contributed by atoms with van der Waals surface area (Å²) in [4.78, 5) is 11.0. The van der Waals surface area contributed by atoms with Crippen molar-refractivity contribution in [2.45, 2.75) is 38.7 Å². The second-order valence-electron chi connectivity index (χ2n) is 4.16. The lowest BCUT2D eigenvalue weighted by Gasteiger charge is -2.33. The van der Waals surface area contributed by atoms with Crippen molar-refractivity contribution in [3.8, 4) is 0 Å². The first kappa shape index (κ1) is 12.5. The van der Waals surface area contributed by atoms with Crippen molar-refractivity contribution in [1.82, 2.24) is 0 Å². The van der Waals surface area contributed by atoms with Crippen molar-refractivity contribution in [2.24, 2.45) is 11.8 Å². The minimum atomic E-state index is -0.771. The van der Waals surface area contributed by atoms with Crippen molar-refractivity contribution in [3.05, 3.63) is 0 Å². The van der Waals surface area contributed by atoms with Crippen LogP contribution >= 0.6 is 0 Å². The third-order valence-electron chi connectivity index (χ3n) is 3.22. The first-order valence-corrected chi connectivity index (χ1v) is 5.64. The summed E-state index contributed by atoms with van der Waals surface area (Å²) >= 11 is 0. The molecule has 1 fully saturated rings. The van der Waals surface area contributed by atoms with E-state index < -0.39 is 5.97 Å². The summed E-state index contributed by atoms with van der Waals surface area (Å²) in [5.74, 6) is -0.587. The molecule has 0 amide bonds. The number of carbonyl (C=O) groups is 1. The molecule has 0 aromatic carbocycles. The van der Waals surface area contributed by atoms with E-state index in [0.29, 0.717) is 12.3 Å². The van der Waals surface area contributed by atoms with E-state index in [4.69, 9.17) is 14.9 Å². The van der Waals surface area contributed by atoms with Crippen LogP contribution in [0.5, 0.6) is 0 Å². The zero-order chi connectivity index (χ0) is 11.3. The molecule has 0 saturated heterocycles. The van der Waals surface area contributed by atoms with Gasteiger partial charge in [0.25, 0.3) is 0 Å². The maximum atomic E-state index is 11.0. The fraction of sp³-hybridized carbons (Fsp3) is 0.909. The number of ether oxygens (including phenoxy) is 1. The molecule has 0 aromatic heterocycles. The molecule has 4 nitrogen and oxygen atoms in total. The van der Waals surface area contributed by atoms with Crippen molar-refractivity contribution >= 4 is 5.97 Å². The number of hydrogen-bond acceptors (Lipinski definition) is 3. The van der Waals surface area contributed by atoms with Gasteiger partial charge in [-0.2, -0.15) is 0 Å². The summed E-state index contributed by atoms with van der Waals surface area (Å²) in [6.07, 6.45) is 3.35. The summed E-state index contributed by atoms with van der Waals surface area (Å²) in [6.45, 7) is 2.32. The van der Waals surface area contributed by atoms with Crippen molar-refractivity contribution in [2.75, 3.05) is 13.2 Å². The van der Waals surface area contributed by atoms with Crippen LogP contribution in [0.1, 0.15) is 32.6 Å². The van der Waals surface area contributed by atoms with E-state index in [9.17, 15) is 4.79 Å². The summed E-state index contributed by atoms with van der Waals surface area (Å²) in [5.41, 5.74) is 0. The monoisotopic (exact) mass is 216 g/mol. The Hall–Kier alpha value is -0.610. The normalized spacial score (nSPS) is 31.5. The van der Waals surface area contributed by atoms with Crippen molar-refractivity contribution in [1.29, 1.82) is 0 Å². The first-order valence-electron chi connectivity index (χ1n) is 5.64. The van der Waals surface area contributed by atoms with Gasteiger partial charge in [-0.25, -0.2) is 0 Å². The molecule has 1 aliphatic carbocycles. The first-order chi connectivity index (χ1) is 7.19. The molecular weight excluding hydrogens is 196 g/mol. The van der Waals surface area contributed by atoms with Gasteiger partial charge >= 0.3 is 5.97 Å². The highest BCUT2D eigenvalue weighted by Crippen LogP contribution is 2.32. The van der Waals surface area contributed by atoms with Crippen LogP contribution in [0.25, 0.3) is 0 Å². The highest BCUT2D eigenvalue weighted by Gasteiger charge is 2.34. The lowest BCUT2D eigenvalue weighted by molar-refractivity contribution is -0.151. The highest BCUT2D eigenvalue weighted by molar-refractivity contribution is 5.70.